The van der Waals surface area contributed by atoms with Crippen LogP contribution in [-0.4, -0.2) is 17.4 Å². The standard InChI is InChI=1S/C19H18Cl3NO/c20-14-6-4-13(5-7-14)2-1-3-19(24)23-11-10-15-16(12-23)18(22)9-8-17(15)21/h4-9H,1-3,10-12H2. The minimum absolute atomic E-state index is 0.172. The van der Waals surface area contributed by atoms with Gasteiger partial charge in [0.2, 0.25) is 5.91 Å². The minimum Gasteiger partial charge on any atom is -0.338 e. The van der Waals surface area contributed by atoms with Crippen LogP contribution in [0.2, 0.25) is 15.1 Å². The third-order valence-electron chi connectivity index (χ3n) is 4.42. The molecule has 0 bridgehead atoms. The number of nitrogens with zero attached hydrogens (tertiary/aromatic N) is 1. The van der Waals surface area contributed by atoms with Crippen LogP contribution >= 0.6 is 34.8 Å². The summed E-state index contributed by atoms with van der Waals surface area (Å²) in [6.07, 6.45) is 3.00. The molecule has 0 saturated carbocycles. The predicted octanol–water partition coefficient (Wildman–Crippen LogP) is 5.55. The highest BCUT2D eigenvalue weighted by molar-refractivity contribution is 6.34. The van der Waals surface area contributed by atoms with Gasteiger partial charge in [0.25, 0.3) is 0 Å². The molecule has 2 nitrogen and oxygen atoms in total. The number of rotatable bonds is 4. The molecule has 0 atom stereocenters. The van der Waals surface area contributed by atoms with Gasteiger partial charge in [-0.25, -0.2) is 0 Å². The fourth-order valence-corrected chi connectivity index (χ4v) is 3.69. The molecule has 0 saturated heterocycles. The van der Waals surface area contributed by atoms with Crippen molar-refractivity contribution in [3.8, 4) is 0 Å². The van der Waals surface area contributed by atoms with E-state index in [1.54, 1.807) is 6.07 Å². The number of aryl methyl sites for hydroxylation is 1. The maximum Gasteiger partial charge on any atom is 0.222 e. The van der Waals surface area contributed by atoms with Crippen molar-refractivity contribution in [2.75, 3.05) is 6.54 Å². The Morgan fingerprint density at radius 1 is 0.958 bits per heavy atom. The van der Waals surface area contributed by atoms with Crippen molar-refractivity contribution in [1.29, 1.82) is 0 Å². The first-order valence-electron chi connectivity index (χ1n) is 8.02. The van der Waals surface area contributed by atoms with E-state index in [1.165, 1.54) is 5.56 Å². The number of fused-ring (bicyclic) bond motifs is 1. The van der Waals surface area contributed by atoms with Crippen molar-refractivity contribution in [2.45, 2.75) is 32.2 Å². The van der Waals surface area contributed by atoms with Gasteiger partial charge in [-0.1, -0.05) is 46.9 Å². The molecule has 1 aliphatic rings. The highest BCUT2D eigenvalue weighted by Crippen LogP contribution is 2.32. The molecule has 5 heteroatoms. The Morgan fingerprint density at radius 3 is 2.33 bits per heavy atom. The molecule has 3 rings (SSSR count). The van der Waals surface area contributed by atoms with Gasteiger partial charge in [-0.3, -0.25) is 4.79 Å². The first kappa shape index (κ1) is 17.6. The smallest absolute Gasteiger partial charge is 0.222 e. The van der Waals surface area contributed by atoms with E-state index in [4.69, 9.17) is 34.8 Å². The summed E-state index contributed by atoms with van der Waals surface area (Å²) in [5, 5.41) is 2.16. The van der Waals surface area contributed by atoms with Gasteiger partial charge in [0, 0.05) is 34.6 Å². The number of hydrogen-bond acceptors (Lipinski definition) is 1. The van der Waals surface area contributed by atoms with Crippen LogP contribution in [0.15, 0.2) is 36.4 Å². The van der Waals surface area contributed by atoms with Crippen molar-refractivity contribution in [3.05, 3.63) is 68.2 Å². The van der Waals surface area contributed by atoms with Crippen LogP contribution < -0.4 is 0 Å². The summed E-state index contributed by atoms with van der Waals surface area (Å²) in [6.45, 7) is 1.25. The highest BCUT2D eigenvalue weighted by Gasteiger charge is 2.23. The number of benzene rings is 2. The largest absolute Gasteiger partial charge is 0.338 e. The van der Waals surface area contributed by atoms with Gasteiger partial charge in [0.1, 0.15) is 0 Å². The second-order valence-corrected chi connectivity index (χ2v) is 7.28. The Morgan fingerprint density at radius 2 is 1.62 bits per heavy atom. The Bertz CT molecular complexity index is 743. The molecule has 0 aliphatic carbocycles. The lowest BCUT2D eigenvalue weighted by molar-refractivity contribution is -0.132. The molecule has 0 radical (unpaired) electrons. The molecule has 0 spiro atoms. The Labute approximate surface area is 157 Å². The molecular formula is C19H18Cl3NO. The lowest BCUT2D eigenvalue weighted by Crippen LogP contribution is -2.36. The first-order valence-corrected chi connectivity index (χ1v) is 9.16. The zero-order valence-electron chi connectivity index (χ0n) is 13.2. The SMILES string of the molecule is O=C(CCCc1ccc(Cl)cc1)N1CCc2c(Cl)ccc(Cl)c2C1. The summed E-state index contributed by atoms with van der Waals surface area (Å²) < 4.78 is 0. The zero-order valence-corrected chi connectivity index (χ0v) is 15.5. The van der Waals surface area contributed by atoms with Gasteiger partial charge in [-0.2, -0.15) is 0 Å². The normalized spacial score (nSPS) is 13.7. The Kier molecular flexibility index (Phi) is 5.70. The quantitative estimate of drug-likeness (QED) is 0.678. The zero-order chi connectivity index (χ0) is 17.1. The topological polar surface area (TPSA) is 20.3 Å². The van der Waals surface area contributed by atoms with Crippen LogP contribution in [0.4, 0.5) is 0 Å². The predicted molar refractivity (Wildman–Crippen MR) is 100.0 cm³/mol. The van der Waals surface area contributed by atoms with Gasteiger partial charge >= 0.3 is 0 Å². The highest BCUT2D eigenvalue weighted by atomic mass is 35.5. The minimum atomic E-state index is 0.172. The third kappa shape index (κ3) is 4.05. The number of hydrogen-bond donors (Lipinski definition) is 0. The molecule has 0 aromatic heterocycles. The molecule has 2 aromatic carbocycles. The van der Waals surface area contributed by atoms with E-state index in [9.17, 15) is 4.79 Å². The molecule has 1 aliphatic heterocycles. The van der Waals surface area contributed by atoms with Crippen LogP contribution in [0.25, 0.3) is 0 Å². The molecule has 126 valence electrons. The van der Waals surface area contributed by atoms with Crippen LogP contribution in [-0.2, 0) is 24.2 Å². The molecule has 1 amide bonds. The number of carbonyl (C=O) groups is 1. The van der Waals surface area contributed by atoms with Gasteiger partial charge in [0.15, 0.2) is 0 Å². The molecule has 0 N–H and O–H groups in total. The second-order valence-electron chi connectivity index (χ2n) is 6.03. The van der Waals surface area contributed by atoms with E-state index in [0.29, 0.717) is 24.5 Å². The van der Waals surface area contributed by atoms with Crippen molar-refractivity contribution in [2.24, 2.45) is 0 Å². The summed E-state index contributed by atoms with van der Waals surface area (Å²) in [5.74, 6) is 0.172. The summed E-state index contributed by atoms with van der Waals surface area (Å²) in [7, 11) is 0. The number of carbonyl (C=O) groups excluding carboxylic acids is 1. The molecule has 1 heterocycles. The monoisotopic (exact) mass is 381 g/mol. The van der Waals surface area contributed by atoms with Gasteiger partial charge in [0.05, 0.1) is 0 Å². The summed E-state index contributed by atoms with van der Waals surface area (Å²) >= 11 is 18.4. The van der Waals surface area contributed by atoms with E-state index in [2.05, 4.69) is 0 Å². The molecular weight excluding hydrogens is 365 g/mol. The van der Waals surface area contributed by atoms with Crippen molar-refractivity contribution in [3.63, 3.8) is 0 Å². The van der Waals surface area contributed by atoms with Crippen LogP contribution in [0.1, 0.15) is 29.5 Å². The van der Waals surface area contributed by atoms with Crippen LogP contribution in [0, 0.1) is 0 Å². The Hall–Kier alpha value is -1.22. The van der Waals surface area contributed by atoms with Crippen molar-refractivity contribution < 1.29 is 4.79 Å². The van der Waals surface area contributed by atoms with E-state index in [1.807, 2.05) is 35.2 Å². The van der Waals surface area contributed by atoms with Crippen LogP contribution in [0.5, 0.6) is 0 Å². The molecule has 0 unspecified atom stereocenters. The lowest BCUT2D eigenvalue weighted by Gasteiger charge is -2.30. The van der Waals surface area contributed by atoms with E-state index >= 15 is 0 Å². The third-order valence-corrected chi connectivity index (χ3v) is 5.38. The van der Waals surface area contributed by atoms with Crippen LogP contribution in [0.3, 0.4) is 0 Å². The number of amides is 1. The first-order chi connectivity index (χ1) is 11.5. The summed E-state index contributed by atoms with van der Waals surface area (Å²) in [4.78, 5) is 14.4. The summed E-state index contributed by atoms with van der Waals surface area (Å²) in [6, 6.07) is 11.4. The molecule has 24 heavy (non-hydrogen) atoms. The van der Waals surface area contributed by atoms with E-state index in [0.717, 1.165) is 40.4 Å². The summed E-state index contributed by atoms with van der Waals surface area (Å²) in [5.41, 5.74) is 3.27. The number of halogens is 3. The van der Waals surface area contributed by atoms with Crippen molar-refractivity contribution >= 4 is 40.7 Å². The fraction of sp³-hybridized carbons (Fsp3) is 0.316. The van der Waals surface area contributed by atoms with Gasteiger partial charge < -0.3 is 4.90 Å². The van der Waals surface area contributed by atoms with Crippen molar-refractivity contribution in [1.82, 2.24) is 4.90 Å². The molecule has 0 fully saturated rings. The van der Waals surface area contributed by atoms with Gasteiger partial charge in [-0.15, -0.1) is 0 Å². The maximum atomic E-state index is 12.5. The maximum absolute atomic E-state index is 12.5. The lowest BCUT2D eigenvalue weighted by atomic mass is 9.99. The average Bonchev–Trinajstić information content (AvgIpc) is 2.59. The Balaban J connectivity index is 1.56. The van der Waals surface area contributed by atoms with Gasteiger partial charge in [-0.05, 0) is 60.2 Å². The molecule has 2 aromatic rings. The van der Waals surface area contributed by atoms with E-state index < -0.39 is 0 Å². The average molecular weight is 383 g/mol. The second kappa shape index (κ2) is 7.77. The van der Waals surface area contributed by atoms with E-state index in [-0.39, 0.29) is 5.91 Å². The fourth-order valence-electron chi connectivity index (χ4n) is 3.06.